The lowest BCUT2D eigenvalue weighted by Crippen LogP contribution is -2.45. The van der Waals surface area contributed by atoms with Gasteiger partial charge in [-0.15, -0.1) is 0 Å². The first kappa shape index (κ1) is 20.4. The summed E-state index contributed by atoms with van der Waals surface area (Å²) in [6.45, 7) is 5.49. The summed E-state index contributed by atoms with van der Waals surface area (Å²) in [6, 6.07) is 4.54. The van der Waals surface area contributed by atoms with E-state index in [1.54, 1.807) is 17.4 Å². The van der Waals surface area contributed by atoms with Crippen molar-refractivity contribution in [3.05, 3.63) is 35.3 Å². The number of allylic oxidation sites excluding steroid dienone is 2. The van der Waals surface area contributed by atoms with Crippen molar-refractivity contribution < 1.29 is 13.9 Å². The molecule has 4 aliphatic rings. The van der Waals surface area contributed by atoms with Crippen LogP contribution in [0.3, 0.4) is 0 Å². The number of esters is 1. The lowest BCUT2D eigenvalue weighted by atomic mass is 9.59. The van der Waals surface area contributed by atoms with Crippen LogP contribution < -0.4 is 5.32 Å². The number of hydrogen-bond acceptors (Lipinski definition) is 4. The number of ether oxygens (including phenoxy) is 1. The summed E-state index contributed by atoms with van der Waals surface area (Å²) in [4.78, 5) is 12.8. The number of fused-ring (bicyclic) bond motifs is 2. The predicted molar refractivity (Wildman–Crippen MR) is 117 cm³/mol. The number of furan rings is 1. The first-order chi connectivity index (χ1) is 14.5. The fourth-order valence-corrected chi connectivity index (χ4v) is 7.03. The highest BCUT2D eigenvalue weighted by atomic mass is 16.6. The van der Waals surface area contributed by atoms with Crippen LogP contribution in [0.4, 0.5) is 0 Å². The normalized spacial score (nSPS) is 38.9. The predicted octanol–water partition coefficient (Wildman–Crippen LogP) is 5.43. The number of nitrogens with one attached hydrogen (secondary N) is 1. The van der Waals surface area contributed by atoms with Gasteiger partial charge in [-0.1, -0.05) is 30.9 Å². The molecule has 0 radical (unpaired) electrons. The van der Waals surface area contributed by atoms with Gasteiger partial charge in [-0.2, -0.15) is 0 Å². The van der Waals surface area contributed by atoms with E-state index in [9.17, 15) is 4.79 Å². The summed E-state index contributed by atoms with van der Waals surface area (Å²) < 4.78 is 11.6. The smallest absolute Gasteiger partial charge is 0.310 e. The van der Waals surface area contributed by atoms with Crippen molar-refractivity contribution in [3.8, 4) is 0 Å². The topological polar surface area (TPSA) is 51.5 Å². The van der Waals surface area contributed by atoms with E-state index in [-0.39, 0.29) is 23.4 Å². The third-order valence-electron chi connectivity index (χ3n) is 8.73. The first-order valence-corrected chi connectivity index (χ1v) is 12.2. The standard InChI is InChI=1S/C26H37NO3/c1-17-7-5-11-26(2)15-24-20(14-22(17)26)21(25(28)30-24)16-27-23-10-4-3-8-18(23)13-19-9-6-12-29-19/h6,9,12,18,20-21,23-24,27H,3-5,7-8,10-11,13-16H2,1-2H3. The maximum absolute atomic E-state index is 12.8. The van der Waals surface area contributed by atoms with Gasteiger partial charge in [-0.3, -0.25) is 4.79 Å². The van der Waals surface area contributed by atoms with Crippen LogP contribution in [0.5, 0.6) is 0 Å². The Balaban J connectivity index is 1.26. The Morgan fingerprint density at radius 2 is 2.10 bits per heavy atom. The Morgan fingerprint density at radius 3 is 2.93 bits per heavy atom. The summed E-state index contributed by atoms with van der Waals surface area (Å²) in [5, 5.41) is 3.82. The third kappa shape index (κ3) is 3.77. The highest BCUT2D eigenvalue weighted by molar-refractivity contribution is 5.76. The zero-order valence-corrected chi connectivity index (χ0v) is 18.6. The minimum atomic E-state index is 0.00738. The quantitative estimate of drug-likeness (QED) is 0.519. The molecule has 4 nitrogen and oxygen atoms in total. The molecule has 4 heteroatoms. The Kier molecular flexibility index (Phi) is 5.55. The van der Waals surface area contributed by atoms with Gasteiger partial charge in [0.1, 0.15) is 11.9 Å². The van der Waals surface area contributed by atoms with E-state index in [4.69, 9.17) is 9.15 Å². The molecule has 1 saturated heterocycles. The Morgan fingerprint density at radius 1 is 1.23 bits per heavy atom. The minimum Gasteiger partial charge on any atom is -0.469 e. The molecule has 6 unspecified atom stereocenters. The van der Waals surface area contributed by atoms with Gasteiger partial charge in [0.2, 0.25) is 0 Å². The molecule has 5 rings (SSSR count). The molecule has 1 aromatic rings. The van der Waals surface area contributed by atoms with Gasteiger partial charge >= 0.3 is 5.97 Å². The molecule has 0 bridgehead atoms. The van der Waals surface area contributed by atoms with Gasteiger partial charge in [0, 0.05) is 24.9 Å². The second-order valence-corrected chi connectivity index (χ2v) is 10.7. The molecule has 3 aliphatic carbocycles. The molecule has 1 N–H and O–H groups in total. The summed E-state index contributed by atoms with van der Waals surface area (Å²) in [6.07, 6.45) is 13.7. The molecular formula is C26H37NO3. The summed E-state index contributed by atoms with van der Waals surface area (Å²) in [5.41, 5.74) is 3.48. The number of hydrogen-bond donors (Lipinski definition) is 1. The van der Waals surface area contributed by atoms with Crippen molar-refractivity contribution in [2.45, 2.75) is 90.2 Å². The molecular weight excluding hydrogens is 374 g/mol. The van der Waals surface area contributed by atoms with Crippen LogP contribution in [0.15, 0.2) is 34.0 Å². The summed E-state index contributed by atoms with van der Waals surface area (Å²) in [5.74, 6) is 2.08. The minimum absolute atomic E-state index is 0.00738. The molecule has 6 atom stereocenters. The van der Waals surface area contributed by atoms with Crippen LogP contribution in [0.2, 0.25) is 0 Å². The van der Waals surface area contributed by atoms with Crippen LogP contribution in [0, 0.1) is 23.2 Å². The van der Waals surface area contributed by atoms with Crippen molar-refractivity contribution in [3.63, 3.8) is 0 Å². The van der Waals surface area contributed by atoms with Gasteiger partial charge in [-0.05, 0) is 75.3 Å². The Bertz CT molecular complexity index is 797. The van der Waals surface area contributed by atoms with Crippen molar-refractivity contribution in [1.29, 1.82) is 0 Å². The van der Waals surface area contributed by atoms with Gasteiger partial charge < -0.3 is 14.5 Å². The second kappa shape index (κ2) is 8.18. The molecule has 164 valence electrons. The monoisotopic (exact) mass is 411 g/mol. The number of rotatable bonds is 5. The summed E-state index contributed by atoms with van der Waals surface area (Å²) >= 11 is 0. The van der Waals surface area contributed by atoms with Gasteiger partial charge in [0.15, 0.2) is 0 Å². The molecule has 2 saturated carbocycles. The van der Waals surface area contributed by atoms with Gasteiger partial charge in [0.25, 0.3) is 0 Å². The molecule has 0 aromatic carbocycles. The maximum atomic E-state index is 12.8. The van der Waals surface area contributed by atoms with E-state index < -0.39 is 0 Å². The van der Waals surface area contributed by atoms with E-state index in [1.807, 2.05) is 6.07 Å². The van der Waals surface area contributed by atoms with Gasteiger partial charge in [-0.25, -0.2) is 0 Å². The SMILES string of the molecule is CC1=C2CC3C(CC2(C)CCC1)OC(=O)C3CNC1CCCCC1Cc1ccco1. The number of carbonyl (C=O) groups excluding carboxylic acids is 1. The molecule has 30 heavy (non-hydrogen) atoms. The maximum Gasteiger partial charge on any atom is 0.310 e. The molecule has 1 aliphatic heterocycles. The van der Waals surface area contributed by atoms with E-state index in [0.29, 0.717) is 17.9 Å². The molecule has 0 amide bonds. The van der Waals surface area contributed by atoms with E-state index >= 15 is 0 Å². The van der Waals surface area contributed by atoms with E-state index in [0.717, 1.165) is 31.6 Å². The second-order valence-electron chi connectivity index (χ2n) is 10.7. The van der Waals surface area contributed by atoms with Gasteiger partial charge in [0.05, 0.1) is 12.2 Å². The zero-order chi connectivity index (χ0) is 20.7. The van der Waals surface area contributed by atoms with Crippen molar-refractivity contribution in [1.82, 2.24) is 5.32 Å². The fraction of sp³-hybridized carbons (Fsp3) is 0.731. The largest absolute Gasteiger partial charge is 0.469 e. The lowest BCUT2D eigenvalue weighted by Gasteiger charge is -2.45. The molecule has 0 spiro atoms. The van der Waals surface area contributed by atoms with Crippen molar-refractivity contribution in [2.24, 2.45) is 23.2 Å². The zero-order valence-electron chi connectivity index (χ0n) is 18.6. The van der Waals surface area contributed by atoms with Crippen LogP contribution in [-0.2, 0) is 16.0 Å². The average molecular weight is 412 g/mol. The highest BCUT2D eigenvalue weighted by Crippen LogP contribution is 2.55. The Labute approximate surface area is 180 Å². The molecule has 2 heterocycles. The Hall–Kier alpha value is -1.55. The van der Waals surface area contributed by atoms with Crippen LogP contribution in [0.1, 0.15) is 77.4 Å². The number of carbonyl (C=O) groups is 1. The fourth-order valence-electron chi connectivity index (χ4n) is 7.03. The first-order valence-electron chi connectivity index (χ1n) is 12.2. The highest BCUT2D eigenvalue weighted by Gasteiger charge is 2.52. The van der Waals surface area contributed by atoms with Crippen molar-refractivity contribution >= 4 is 5.97 Å². The van der Waals surface area contributed by atoms with E-state index in [1.165, 1.54) is 44.9 Å². The van der Waals surface area contributed by atoms with Crippen LogP contribution >= 0.6 is 0 Å². The van der Waals surface area contributed by atoms with Crippen LogP contribution in [0.25, 0.3) is 0 Å². The van der Waals surface area contributed by atoms with Crippen molar-refractivity contribution in [2.75, 3.05) is 6.54 Å². The summed E-state index contributed by atoms with van der Waals surface area (Å²) in [7, 11) is 0. The molecule has 1 aromatic heterocycles. The van der Waals surface area contributed by atoms with E-state index in [2.05, 4.69) is 25.2 Å². The lowest BCUT2D eigenvalue weighted by molar-refractivity contribution is -0.145. The van der Waals surface area contributed by atoms with Crippen LogP contribution in [-0.4, -0.2) is 24.7 Å². The molecule has 3 fully saturated rings. The third-order valence-corrected chi connectivity index (χ3v) is 8.73. The average Bonchev–Trinajstić information content (AvgIpc) is 3.33.